The van der Waals surface area contributed by atoms with E-state index in [1.165, 1.54) is 19.2 Å². The number of rotatable bonds is 6. The fraction of sp³-hybridized carbons (Fsp3) is 0.381. The third-order valence-electron chi connectivity index (χ3n) is 5.36. The molecule has 1 amide bonds. The second-order valence-corrected chi connectivity index (χ2v) is 8.51. The van der Waals surface area contributed by atoms with E-state index in [0.717, 1.165) is 23.5 Å². The first-order valence-electron chi connectivity index (χ1n) is 10.0. The van der Waals surface area contributed by atoms with Crippen LogP contribution in [0.3, 0.4) is 0 Å². The highest BCUT2D eigenvalue weighted by Crippen LogP contribution is 2.34. The van der Waals surface area contributed by atoms with Gasteiger partial charge in [-0.3, -0.25) is 14.6 Å². The highest BCUT2D eigenvalue weighted by atomic mass is 32.1. The second kappa shape index (κ2) is 9.12. The Morgan fingerprint density at radius 2 is 1.97 bits per heavy atom. The fourth-order valence-corrected chi connectivity index (χ4v) is 5.05. The van der Waals surface area contributed by atoms with Crippen molar-refractivity contribution in [2.24, 2.45) is 0 Å². The molecular formula is C21H20F3N3O5S. The maximum Gasteiger partial charge on any atom is 0.418 e. The summed E-state index contributed by atoms with van der Waals surface area (Å²) in [6.07, 6.45) is -4.40. The molecule has 0 fully saturated rings. The fourth-order valence-electron chi connectivity index (χ4n) is 3.81. The van der Waals surface area contributed by atoms with Gasteiger partial charge < -0.3 is 14.4 Å². The van der Waals surface area contributed by atoms with Gasteiger partial charge in [-0.15, -0.1) is 11.3 Å². The number of methoxy groups -OCH3 is 1. The van der Waals surface area contributed by atoms with Crippen molar-refractivity contribution in [3.63, 3.8) is 0 Å². The smallest absolute Gasteiger partial charge is 0.382 e. The Balaban J connectivity index is 1.71. The molecule has 3 heterocycles. The van der Waals surface area contributed by atoms with Crippen LogP contribution in [-0.4, -0.2) is 53.8 Å². The minimum absolute atomic E-state index is 0.110. The molecule has 0 bridgehead atoms. The first-order valence-corrected chi connectivity index (χ1v) is 10.8. The number of thiophene rings is 1. The van der Waals surface area contributed by atoms with E-state index in [9.17, 15) is 27.6 Å². The van der Waals surface area contributed by atoms with Gasteiger partial charge in [-0.1, -0.05) is 12.1 Å². The molecule has 0 saturated heterocycles. The van der Waals surface area contributed by atoms with E-state index in [1.807, 2.05) is 0 Å². The molecule has 33 heavy (non-hydrogen) atoms. The summed E-state index contributed by atoms with van der Waals surface area (Å²) in [7, 11) is 1.53. The van der Waals surface area contributed by atoms with E-state index in [0.29, 0.717) is 34.6 Å². The van der Waals surface area contributed by atoms with Crippen LogP contribution in [0.2, 0.25) is 0 Å². The zero-order chi connectivity index (χ0) is 23.8. The van der Waals surface area contributed by atoms with Crippen LogP contribution >= 0.6 is 11.3 Å². The van der Waals surface area contributed by atoms with Crippen LogP contribution in [0, 0.1) is 0 Å². The maximum atomic E-state index is 13.5. The molecule has 0 saturated carbocycles. The van der Waals surface area contributed by atoms with Crippen molar-refractivity contribution in [3.8, 4) is 5.69 Å². The Labute approximate surface area is 189 Å². The topological polar surface area (TPSA) is 93.6 Å². The number of aromatic nitrogens is 2. The number of halogens is 3. The Hall–Kier alpha value is -2.96. The van der Waals surface area contributed by atoms with E-state index >= 15 is 0 Å². The molecule has 8 nitrogen and oxygen atoms in total. The molecular weight excluding hydrogens is 463 g/mol. The van der Waals surface area contributed by atoms with Gasteiger partial charge in [-0.25, -0.2) is 9.36 Å². The summed E-state index contributed by atoms with van der Waals surface area (Å²) in [5.41, 5.74) is -2.74. The van der Waals surface area contributed by atoms with Crippen LogP contribution in [0.15, 0.2) is 33.9 Å². The van der Waals surface area contributed by atoms with Crippen molar-refractivity contribution in [1.82, 2.24) is 14.5 Å². The van der Waals surface area contributed by atoms with Gasteiger partial charge in [0.2, 0.25) is 5.91 Å². The molecule has 2 aromatic heterocycles. The summed E-state index contributed by atoms with van der Waals surface area (Å²) in [6, 6.07) is 4.45. The molecule has 3 aromatic rings. The van der Waals surface area contributed by atoms with Crippen LogP contribution in [-0.2, 0) is 33.4 Å². The number of ether oxygens (including phenoxy) is 2. The molecule has 0 aliphatic carbocycles. The summed E-state index contributed by atoms with van der Waals surface area (Å²) < 4.78 is 51.1. The van der Waals surface area contributed by atoms with E-state index in [2.05, 4.69) is 4.98 Å². The molecule has 1 aliphatic rings. The lowest BCUT2D eigenvalue weighted by Gasteiger charge is -2.26. The lowest BCUT2D eigenvalue weighted by atomic mass is 10.1. The summed E-state index contributed by atoms with van der Waals surface area (Å²) in [5, 5.41) is 0.176. The standard InChI is InChI=1S/C21H20F3N3O5S/c1-31-8-9-32-11-16(28)26-7-6-12-15(10-26)33-18-17(12)19(29)27(20(30)25-18)14-5-3-2-4-13(14)21(22,23)24/h2-5H,6-11H2,1H3,(H,25,30). The summed E-state index contributed by atoms with van der Waals surface area (Å²) >= 11 is 1.15. The molecule has 4 rings (SSSR count). The molecule has 176 valence electrons. The number of nitrogens with one attached hydrogen (secondary N) is 1. The van der Waals surface area contributed by atoms with Crippen LogP contribution in [0.25, 0.3) is 15.9 Å². The molecule has 0 radical (unpaired) electrons. The van der Waals surface area contributed by atoms with E-state index in [4.69, 9.17) is 9.47 Å². The number of carbonyl (C=O) groups is 1. The molecule has 0 spiro atoms. The minimum atomic E-state index is -4.74. The monoisotopic (exact) mass is 483 g/mol. The van der Waals surface area contributed by atoms with Crippen molar-refractivity contribution in [2.45, 2.75) is 19.1 Å². The van der Waals surface area contributed by atoms with Gasteiger partial charge in [0.05, 0.1) is 36.4 Å². The van der Waals surface area contributed by atoms with Crippen molar-refractivity contribution >= 4 is 27.5 Å². The van der Waals surface area contributed by atoms with Gasteiger partial charge in [-0.05, 0) is 24.1 Å². The number of hydrogen-bond donors (Lipinski definition) is 1. The van der Waals surface area contributed by atoms with E-state index < -0.39 is 28.7 Å². The van der Waals surface area contributed by atoms with Crippen LogP contribution < -0.4 is 11.2 Å². The Bertz CT molecular complexity index is 1310. The van der Waals surface area contributed by atoms with Gasteiger partial charge in [0.15, 0.2) is 0 Å². The lowest BCUT2D eigenvalue weighted by molar-refractivity contribution is -0.138. The number of nitrogens with zero attached hydrogens (tertiary/aromatic N) is 2. The zero-order valence-electron chi connectivity index (χ0n) is 17.5. The number of hydrogen-bond acceptors (Lipinski definition) is 6. The van der Waals surface area contributed by atoms with Crippen molar-refractivity contribution in [1.29, 1.82) is 0 Å². The van der Waals surface area contributed by atoms with E-state index in [-0.39, 0.29) is 35.9 Å². The molecule has 0 unspecified atom stereocenters. The molecule has 12 heteroatoms. The Morgan fingerprint density at radius 1 is 1.21 bits per heavy atom. The number of para-hydroxylation sites is 1. The van der Waals surface area contributed by atoms with Gasteiger partial charge in [0.1, 0.15) is 11.4 Å². The van der Waals surface area contributed by atoms with Crippen molar-refractivity contribution < 1.29 is 27.4 Å². The van der Waals surface area contributed by atoms with Crippen molar-refractivity contribution in [2.75, 3.05) is 33.5 Å². The summed E-state index contributed by atoms with van der Waals surface area (Å²) in [4.78, 5) is 43.4. The highest BCUT2D eigenvalue weighted by molar-refractivity contribution is 7.18. The largest absolute Gasteiger partial charge is 0.418 e. The Morgan fingerprint density at radius 3 is 2.70 bits per heavy atom. The highest BCUT2D eigenvalue weighted by Gasteiger charge is 2.35. The average molecular weight is 483 g/mol. The number of amides is 1. The number of fused-ring (bicyclic) bond motifs is 3. The maximum absolute atomic E-state index is 13.5. The van der Waals surface area contributed by atoms with Crippen LogP contribution in [0.5, 0.6) is 0 Å². The van der Waals surface area contributed by atoms with Crippen LogP contribution in [0.1, 0.15) is 16.0 Å². The average Bonchev–Trinajstić information content (AvgIpc) is 3.13. The predicted molar refractivity (Wildman–Crippen MR) is 115 cm³/mol. The van der Waals surface area contributed by atoms with Crippen LogP contribution in [0.4, 0.5) is 13.2 Å². The summed E-state index contributed by atoms with van der Waals surface area (Å²) in [6.45, 7) is 1.08. The number of alkyl halides is 3. The number of aromatic amines is 1. The van der Waals surface area contributed by atoms with Gasteiger partial charge in [0.25, 0.3) is 5.56 Å². The molecule has 1 aliphatic heterocycles. The first-order chi connectivity index (χ1) is 15.7. The normalized spacial score (nSPS) is 14.0. The predicted octanol–water partition coefficient (Wildman–Crippen LogP) is 2.31. The number of benzene rings is 1. The van der Waals surface area contributed by atoms with Gasteiger partial charge >= 0.3 is 11.9 Å². The molecule has 1 N–H and O–H groups in total. The SMILES string of the molecule is COCCOCC(=O)N1CCc2c(sc3[nH]c(=O)n(-c4ccccc4C(F)(F)F)c(=O)c23)C1. The third-order valence-corrected chi connectivity index (χ3v) is 6.49. The first kappa shape index (κ1) is 23.2. The van der Waals surface area contributed by atoms with E-state index in [1.54, 1.807) is 4.90 Å². The van der Waals surface area contributed by atoms with Gasteiger partial charge in [0, 0.05) is 18.5 Å². The Kier molecular flexibility index (Phi) is 6.41. The zero-order valence-corrected chi connectivity index (χ0v) is 18.3. The third kappa shape index (κ3) is 4.45. The second-order valence-electron chi connectivity index (χ2n) is 7.40. The van der Waals surface area contributed by atoms with Gasteiger partial charge in [-0.2, -0.15) is 13.2 Å². The minimum Gasteiger partial charge on any atom is -0.382 e. The molecule has 1 aromatic carbocycles. The quantitative estimate of drug-likeness (QED) is 0.543. The number of carbonyl (C=O) groups excluding carboxylic acids is 1. The van der Waals surface area contributed by atoms with Crippen molar-refractivity contribution in [3.05, 3.63) is 61.1 Å². The lowest BCUT2D eigenvalue weighted by Crippen LogP contribution is -2.38. The summed E-state index contributed by atoms with van der Waals surface area (Å²) in [5.74, 6) is -0.223. The molecule has 0 atom stereocenters. The number of H-pyrrole nitrogens is 1.